The molecular formula is C25H20F2N2O2. The predicted molar refractivity (Wildman–Crippen MR) is 118 cm³/mol. The Balaban J connectivity index is 1.44. The van der Waals surface area contributed by atoms with Crippen molar-refractivity contribution in [2.45, 2.75) is 18.8 Å². The molecule has 1 amide bonds. The highest BCUT2D eigenvalue weighted by molar-refractivity contribution is 5.99. The minimum absolute atomic E-state index is 0.0770. The Bertz CT molecular complexity index is 1370. The molecule has 0 saturated carbocycles. The van der Waals surface area contributed by atoms with Gasteiger partial charge >= 0.3 is 0 Å². The summed E-state index contributed by atoms with van der Waals surface area (Å²) in [6.45, 7) is 0.154. The topological polar surface area (TPSA) is 53.2 Å². The number of hydrogen-bond acceptors (Lipinski definition) is 2. The van der Waals surface area contributed by atoms with Crippen LogP contribution in [0.5, 0.6) is 0 Å². The highest BCUT2D eigenvalue weighted by Gasteiger charge is 2.35. The van der Waals surface area contributed by atoms with Crippen LogP contribution >= 0.6 is 0 Å². The summed E-state index contributed by atoms with van der Waals surface area (Å²) in [5.41, 5.74) is 2.40. The summed E-state index contributed by atoms with van der Waals surface area (Å²) < 4.78 is 26.8. The Morgan fingerprint density at radius 3 is 2.26 bits per heavy atom. The number of pyridine rings is 1. The van der Waals surface area contributed by atoms with Crippen LogP contribution in [0.4, 0.5) is 8.78 Å². The van der Waals surface area contributed by atoms with E-state index in [1.54, 1.807) is 12.3 Å². The number of H-pyrrole nitrogens is 1. The highest BCUT2D eigenvalue weighted by atomic mass is 19.3. The zero-order valence-corrected chi connectivity index (χ0v) is 16.7. The number of hydrogen-bond donors (Lipinski definition) is 1. The number of nitrogens with one attached hydrogen (secondary N) is 1. The van der Waals surface area contributed by atoms with Crippen LogP contribution in [0.2, 0.25) is 0 Å². The van der Waals surface area contributed by atoms with Crippen LogP contribution in [-0.2, 0) is 0 Å². The first-order valence-electron chi connectivity index (χ1n) is 10.2. The van der Waals surface area contributed by atoms with Crippen molar-refractivity contribution in [3.8, 4) is 11.1 Å². The fourth-order valence-electron chi connectivity index (χ4n) is 4.15. The predicted octanol–water partition coefficient (Wildman–Crippen LogP) is 5.22. The van der Waals surface area contributed by atoms with Gasteiger partial charge in [-0.2, -0.15) is 0 Å². The van der Waals surface area contributed by atoms with E-state index in [1.165, 1.54) is 4.90 Å². The molecule has 1 saturated heterocycles. The molecule has 0 aliphatic carbocycles. The van der Waals surface area contributed by atoms with E-state index in [9.17, 15) is 18.4 Å². The summed E-state index contributed by atoms with van der Waals surface area (Å²) in [6.07, 6.45) is 1.07. The smallest absolute Gasteiger partial charge is 0.255 e. The van der Waals surface area contributed by atoms with E-state index in [0.717, 1.165) is 27.3 Å². The monoisotopic (exact) mass is 418 g/mol. The first kappa shape index (κ1) is 19.4. The van der Waals surface area contributed by atoms with Gasteiger partial charge < -0.3 is 9.88 Å². The average molecular weight is 418 g/mol. The van der Waals surface area contributed by atoms with Crippen molar-refractivity contribution in [1.82, 2.24) is 9.88 Å². The average Bonchev–Trinajstić information content (AvgIpc) is 2.78. The third-order valence-corrected chi connectivity index (χ3v) is 5.98. The fraction of sp³-hybridized carbons (Fsp3) is 0.200. The Kier molecular flexibility index (Phi) is 4.58. The number of nitrogens with zero attached hydrogens (tertiary/aromatic N) is 1. The summed E-state index contributed by atoms with van der Waals surface area (Å²) in [4.78, 5) is 28.8. The lowest BCUT2D eigenvalue weighted by atomic mass is 9.98. The van der Waals surface area contributed by atoms with E-state index < -0.39 is 5.92 Å². The molecular weight excluding hydrogens is 398 g/mol. The minimum atomic E-state index is -2.67. The van der Waals surface area contributed by atoms with Crippen molar-refractivity contribution in [2.24, 2.45) is 0 Å². The first-order valence-corrected chi connectivity index (χ1v) is 10.2. The number of likely N-dealkylation sites (tertiary alicyclic amines) is 1. The number of fused-ring (bicyclic) bond motifs is 2. The molecule has 156 valence electrons. The molecule has 2 heterocycles. The molecule has 1 aromatic heterocycles. The van der Waals surface area contributed by atoms with Gasteiger partial charge in [-0.3, -0.25) is 9.59 Å². The van der Waals surface area contributed by atoms with Crippen LogP contribution in [-0.4, -0.2) is 34.8 Å². The molecule has 4 aromatic rings. The SMILES string of the molecule is O=C(c1ccc2cc(-c3ccc4c(=O)[nH]ccc4c3)ccc2c1)N1CCC(F)(F)CC1. The van der Waals surface area contributed by atoms with E-state index >= 15 is 0 Å². The van der Waals surface area contributed by atoms with Crippen LogP contribution in [0.25, 0.3) is 32.7 Å². The van der Waals surface area contributed by atoms with Crippen molar-refractivity contribution >= 4 is 27.5 Å². The zero-order valence-electron chi connectivity index (χ0n) is 16.7. The normalized spacial score (nSPS) is 16.0. The lowest BCUT2D eigenvalue weighted by Crippen LogP contribution is -2.42. The van der Waals surface area contributed by atoms with Gasteiger partial charge in [-0.15, -0.1) is 0 Å². The van der Waals surface area contributed by atoms with E-state index in [2.05, 4.69) is 4.98 Å². The third kappa shape index (κ3) is 3.69. The number of amides is 1. The maximum atomic E-state index is 13.4. The number of carbonyl (C=O) groups is 1. The van der Waals surface area contributed by atoms with Gasteiger partial charge in [-0.1, -0.05) is 24.3 Å². The summed E-state index contributed by atoms with van der Waals surface area (Å²) >= 11 is 0. The Hall–Kier alpha value is -3.54. The Morgan fingerprint density at radius 2 is 1.48 bits per heavy atom. The van der Waals surface area contributed by atoms with Gasteiger partial charge in [-0.25, -0.2) is 8.78 Å². The highest BCUT2D eigenvalue weighted by Crippen LogP contribution is 2.30. The number of carbonyl (C=O) groups excluding carboxylic acids is 1. The number of rotatable bonds is 2. The molecule has 0 radical (unpaired) electrons. The largest absolute Gasteiger partial charge is 0.338 e. The molecule has 0 bridgehead atoms. The van der Waals surface area contributed by atoms with Crippen LogP contribution in [0.15, 0.2) is 71.7 Å². The van der Waals surface area contributed by atoms with Crippen LogP contribution in [0.1, 0.15) is 23.2 Å². The molecule has 5 rings (SSSR count). The standard InChI is InChI=1S/C25H20F2N2O2/c26-25(27)8-11-29(12-9-25)24(31)21-4-3-17-13-16(1-2-18(17)15-21)19-5-6-22-20(14-19)7-10-28-23(22)30/h1-7,10,13-15H,8-9,11-12H2,(H,28,30). The van der Waals surface area contributed by atoms with E-state index in [0.29, 0.717) is 10.9 Å². The molecule has 1 aliphatic rings. The number of alkyl halides is 2. The van der Waals surface area contributed by atoms with Crippen LogP contribution < -0.4 is 5.56 Å². The molecule has 4 nitrogen and oxygen atoms in total. The van der Waals surface area contributed by atoms with Gasteiger partial charge in [0.05, 0.1) is 0 Å². The maximum absolute atomic E-state index is 13.4. The van der Waals surface area contributed by atoms with Crippen molar-refractivity contribution < 1.29 is 13.6 Å². The number of benzene rings is 3. The molecule has 0 unspecified atom stereocenters. The van der Waals surface area contributed by atoms with Crippen molar-refractivity contribution in [1.29, 1.82) is 0 Å². The second kappa shape index (κ2) is 7.30. The first-order chi connectivity index (χ1) is 14.9. The number of halogens is 2. The lowest BCUT2D eigenvalue weighted by molar-refractivity contribution is -0.0494. The maximum Gasteiger partial charge on any atom is 0.255 e. The second-order valence-electron chi connectivity index (χ2n) is 8.03. The molecule has 31 heavy (non-hydrogen) atoms. The molecule has 1 aliphatic heterocycles. The second-order valence-corrected chi connectivity index (χ2v) is 8.03. The van der Waals surface area contributed by atoms with Crippen molar-refractivity contribution in [2.75, 3.05) is 13.1 Å². The van der Waals surface area contributed by atoms with Crippen LogP contribution in [0, 0.1) is 0 Å². The Labute approximate surface area is 177 Å². The third-order valence-electron chi connectivity index (χ3n) is 5.98. The van der Waals surface area contributed by atoms with Crippen molar-refractivity contribution in [3.05, 3.63) is 82.8 Å². The number of aromatic nitrogens is 1. The van der Waals surface area contributed by atoms with Gasteiger partial charge in [0.1, 0.15) is 0 Å². The number of aromatic amines is 1. The van der Waals surface area contributed by atoms with Crippen molar-refractivity contribution in [3.63, 3.8) is 0 Å². The van der Waals surface area contributed by atoms with Gasteiger partial charge in [0.2, 0.25) is 0 Å². The summed E-state index contributed by atoms with van der Waals surface area (Å²) in [5.74, 6) is -2.88. The molecule has 1 N–H and O–H groups in total. The summed E-state index contributed by atoms with van der Waals surface area (Å²) in [5, 5.41) is 3.40. The molecule has 3 aromatic carbocycles. The zero-order chi connectivity index (χ0) is 21.6. The Morgan fingerprint density at radius 1 is 0.839 bits per heavy atom. The molecule has 6 heteroatoms. The van der Waals surface area contributed by atoms with E-state index in [4.69, 9.17) is 0 Å². The summed E-state index contributed by atoms with van der Waals surface area (Å²) in [7, 11) is 0. The van der Waals surface area contributed by atoms with Gasteiger partial charge in [0.25, 0.3) is 17.4 Å². The quantitative estimate of drug-likeness (QED) is 0.485. The minimum Gasteiger partial charge on any atom is -0.338 e. The fourth-order valence-corrected chi connectivity index (χ4v) is 4.15. The molecule has 1 fully saturated rings. The summed E-state index contributed by atoms with van der Waals surface area (Å²) in [6, 6.07) is 19.0. The molecule has 0 atom stereocenters. The molecule has 0 spiro atoms. The van der Waals surface area contributed by atoms with Gasteiger partial charge in [-0.05, 0) is 63.7 Å². The number of piperidine rings is 1. The van der Waals surface area contributed by atoms with Gasteiger partial charge in [0.15, 0.2) is 0 Å². The van der Waals surface area contributed by atoms with Gasteiger partial charge in [0, 0.05) is 43.1 Å². The van der Waals surface area contributed by atoms with Crippen LogP contribution in [0.3, 0.4) is 0 Å². The van der Waals surface area contributed by atoms with E-state index in [1.807, 2.05) is 54.6 Å². The van der Waals surface area contributed by atoms with E-state index in [-0.39, 0.29) is 37.4 Å². The lowest BCUT2D eigenvalue weighted by Gasteiger charge is -2.31.